The van der Waals surface area contributed by atoms with Gasteiger partial charge in [0.1, 0.15) is 18.2 Å². The van der Waals surface area contributed by atoms with Gasteiger partial charge in [0, 0.05) is 56.4 Å². The van der Waals surface area contributed by atoms with Gasteiger partial charge in [-0.3, -0.25) is 14.4 Å². The zero-order valence-electron chi connectivity index (χ0n) is 31.4. The van der Waals surface area contributed by atoms with Gasteiger partial charge in [0.2, 0.25) is 0 Å². The number of hydrogen-bond donors (Lipinski definition) is 0. The van der Waals surface area contributed by atoms with Crippen molar-refractivity contribution in [2.75, 3.05) is 86.1 Å². The van der Waals surface area contributed by atoms with Crippen LogP contribution < -0.4 is 4.90 Å². The van der Waals surface area contributed by atoms with Crippen molar-refractivity contribution in [1.82, 2.24) is 9.88 Å². The van der Waals surface area contributed by atoms with Crippen molar-refractivity contribution < 1.29 is 47.6 Å². The molecular weight excluding hydrogens is 727 g/mol. The Morgan fingerprint density at radius 2 is 1.35 bits per heavy atom. The van der Waals surface area contributed by atoms with Crippen LogP contribution >= 0.6 is 11.3 Å². The Morgan fingerprint density at radius 3 is 1.96 bits per heavy atom. The van der Waals surface area contributed by atoms with Crippen LogP contribution in [0.15, 0.2) is 90.7 Å². The van der Waals surface area contributed by atoms with E-state index in [-0.39, 0.29) is 55.3 Å². The molecule has 1 atom stereocenters. The number of fused-ring (bicyclic) bond motifs is 1. The van der Waals surface area contributed by atoms with Crippen molar-refractivity contribution in [3.05, 3.63) is 107 Å². The maximum Gasteiger partial charge on any atom is 0.338 e. The van der Waals surface area contributed by atoms with Crippen molar-refractivity contribution in [2.45, 2.75) is 6.42 Å². The van der Waals surface area contributed by atoms with E-state index >= 15 is 0 Å². The number of hydrogen-bond acceptors (Lipinski definition) is 12. The maximum atomic E-state index is 14.1. The zero-order valence-corrected chi connectivity index (χ0v) is 32.2. The standard InChI is InChI=1S/C41H45N3O10S/c1-43(33-13-9-28(10-14-33)40(47)53-23-21-51-19-17-49-3)38(45)31-25-30(37-42-35-7-5-6-8-36(35)55-37)26-32(27-31)39(46)44(2)34-15-11-29(12-16-34)41(48)54-24-22-52-20-18-50-4/h5-11,13-16,25-27,29H,12,17-24H2,1-4H3. The topological polar surface area (TPSA) is 143 Å². The lowest BCUT2D eigenvalue weighted by atomic mass is 9.98. The number of nitrogens with zero attached hydrogens (tertiary/aromatic N) is 3. The molecule has 55 heavy (non-hydrogen) atoms. The van der Waals surface area contributed by atoms with Gasteiger partial charge in [-0.15, -0.1) is 11.3 Å². The molecule has 1 heterocycles. The molecular formula is C41H45N3O10S. The number of para-hydroxylation sites is 1. The summed E-state index contributed by atoms with van der Waals surface area (Å²) >= 11 is 1.46. The summed E-state index contributed by atoms with van der Waals surface area (Å²) in [6.07, 6.45) is 5.60. The first-order valence-electron chi connectivity index (χ1n) is 17.7. The van der Waals surface area contributed by atoms with Crippen molar-refractivity contribution in [2.24, 2.45) is 5.92 Å². The molecule has 0 radical (unpaired) electrons. The molecule has 5 rings (SSSR count). The van der Waals surface area contributed by atoms with E-state index in [0.717, 1.165) is 10.2 Å². The molecule has 0 bridgehead atoms. The number of esters is 2. The number of thiazole rings is 1. The summed E-state index contributed by atoms with van der Waals surface area (Å²) in [4.78, 5) is 61.0. The number of rotatable bonds is 19. The van der Waals surface area contributed by atoms with Crippen LogP contribution in [0.2, 0.25) is 0 Å². The third-order valence-corrected chi connectivity index (χ3v) is 9.72. The number of anilines is 1. The summed E-state index contributed by atoms with van der Waals surface area (Å²) < 4.78 is 32.1. The minimum atomic E-state index is -0.510. The number of likely N-dealkylation sites (N-methyl/N-ethyl adjacent to an activating group) is 1. The van der Waals surface area contributed by atoms with Crippen LogP contribution in [-0.2, 0) is 33.2 Å². The average molecular weight is 772 g/mol. The van der Waals surface area contributed by atoms with Crippen molar-refractivity contribution in [3.63, 3.8) is 0 Å². The Labute approximate surface area is 324 Å². The summed E-state index contributed by atoms with van der Waals surface area (Å²) in [6, 6.07) is 19.2. The monoisotopic (exact) mass is 771 g/mol. The number of amides is 2. The van der Waals surface area contributed by atoms with Gasteiger partial charge in [-0.25, -0.2) is 9.78 Å². The summed E-state index contributed by atoms with van der Waals surface area (Å²) in [5.41, 5.74) is 3.44. The van der Waals surface area contributed by atoms with Crippen LogP contribution in [0.1, 0.15) is 37.5 Å². The lowest BCUT2D eigenvalue weighted by Crippen LogP contribution is -2.29. The SMILES string of the molecule is COCCOCCOC(=O)c1ccc(N(C)C(=O)c2cc(C(=O)N(C)C3=CCC(C(=O)OCCOCCOC)C=C3)cc(-c3nc4ccccc4s3)c2)cc1. The molecule has 0 saturated heterocycles. The van der Waals surface area contributed by atoms with E-state index in [4.69, 9.17) is 33.4 Å². The van der Waals surface area contributed by atoms with Crippen LogP contribution in [0, 0.1) is 5.92 Å². The number of ether oxygens (including phenoxy) is 6. The summed E-state index contributed by atoms with van der Waals surface area (Å²) in [6.45, 7) is 2.49. The zero-order chi connectivity index (χ0) is 39.2. The molecule has 1 aliphatic carbocycles. The molecule has 0 N–H and O–H groups in total. The highest BCUT2D eigenvalue weighted by molar-refractivity contribution is 7.21. The molecule has 290 valence electrons. The molecule has 0 aliphatic heterocycles. The first-order valence-corrected chi connectivity index (χ1v) is 18.5. The second-order valence-corrected chi connectivity index (χ2v) is 13.4. The minimum Gasteiger partial charge on any atom is -0.463 e. The molecule has 1 unspecified atom stereocenters. The van der Waals surface area contributed by atoms with E-state index in [1.165, 1.54) is 21.1 Å². The predicted octanol–water partition coefficient (Wildman–Crippen LogP) is 5.80. The number of methoxy groups -OCH3 is 2. The van der Waals surface area contributed by atoms with Crippen molar-refractivity contribution >= 4 is 51.0 Å². The molecule has 0 spiro atoms. The average Bonchev–Trinajstić information content (AvgIpc) is 3.67. The Hall–Kier alpha value is -5.25. The van der Waals surface area contributed by atoms with Crippen LogP contribution in [0.3, 0.4) is 0 Å². The van der Waals surface area contributed by atoms with Crippen molar-refractivity contribution in [1.29, 1.82) is 0 Å². The van der Waals surface area contributed by atoms with E-state index in [9.17, 15) is 19.2 Å². The van der Waals surface area contributed by atoms with Crippen LogP contribution in [0.4, 0.5) is 5.69 Å². The van der Waals surface area contributed by atoms with Crippen molar-refractivity contribution in [3.8, 4) is 10.6 Å². The number of carbonyl (C=O) groups excluding carboxylic acids is 4. The number of allylic oxidation sites excluding steroid dienone is 2. The van der Waals surface area contributed by atoms with Crippen LogP contribution in [0.5, 0.6) is 0 Å². The smallest absolute Gasteiger partial charge is 0.338 e. The third-order valence-electron chi connectivity index (χ3n) is 8.63. The molecule has 1 aliphatic rings. The predicted molar refractivity (Wildman–Crippen MR) is 208 cm³/mol. The quantitative estimate of drug-likeness (QED) is 0.0844. The normalized spacial score (nSPS) is 13.7. The van der Waals surface area contributed by atoms with Gasteiger partial charge in [-0.1, -0.05) is 24.3 Å². The molecule has 1 aromatic heterocycles. The lowest BCUT2D eigenvalue weighted by Gasteiger charge is -2.23. The largest absolute Gasteiger partial charge is 0.463 e. The molecule has 0 saturated carbocycles. The van der Waals surface area contributed by atoms with Gasteiger partial charge in [0.05, 0.1) is 61.3 Å². The van der Waals surface area contributed by atoms with Gasteiger partial charge in [-0.05, 0) is 67.1 Å². The van der Waals surface area contributed by atoms with E-state index in [0.29, 0.717) is 60.4 Å². The fraction of sp³-hybridized carbons (Fsp3) is 0.341. The Balaban J connectivity index is 1.30. The highest BCUT2D eigenvalue weighted by atomic mass is 32.1. The maximum absolute atomic E-state index is 14.1. The molecule has 14 heteroatoms. The van der Waals surface area contributed by atoms with E-state index in [1.807, 2.05) is 30.3 Å². The van der Waals surface area contributed by atoms with E-state index < -0.39 is 11.9 Å². The molecule has 2 amide bonds. The number of aromatic nitrogens is 1. The van der Waals surface area contributed by atoms with Crippen LogP contribution in [0.25, 0.3) is 20.8 Å². The van der Waals surface area contributed by atoms with Gasteiger partial charge < -0.3 is 38.2 Å². The highest BCUT2D eigenvalue weighted by Crippen LogP contribution is 2.32. The lowest BCUT2D eigenvalue weighted by molar-refractivity contribution is -0.148. The van der Waals surface area contributed by atoms with Gasteiger partial charge in [-0.2, -0.15) is 0 Å². The van der Waals surface area contributed by atoms with Gasteiger partial charge in [0.15, 0.2) is 0 Å². The third kappa shape index (κ3) is 11.2. The van der Waals surface area contributed by atoms with Gasteiger partial charge in [0.25, 0.3) is 11.8 Å². The summed E-state index contributed by atoms with van der Waals surface area (Å²) in [5.74, 6) is -2.09. The van der Waals surface area contributed by atoms with Crippen LogP contribution in [-0.4, -0.2) is 115 Å². The summed E-state index contributed by atoms with van der Waals surface area (Å²) in [5, 5.41) is 0.657. The molecule has 13 nitrogen and oxygen atoms in total. The highest BCUT2D eigenvalue weighted by Gasteiger charge is 2.25. The first-order chi connectivity index (χ1) is 26.7. The fourth-order valence-electron chi connectivity index (χ4n) is 5.54. The number of benzene rings is 3. The number of carbonyl (C=O) groups is 4. The summed E-state index contributed by atoms with van der Waals surface area (Å²) in [7, 11) is 6.43. The molecule has 3 aromatic carbocycles. The Bertz CT molecular complexity index is 1980. The second kappa shape index (κ2) is 20.4. The molecule has 4 aromatic rings. The van der Waals surface area contributed by atoms with E-state index in [1.54, 1.807) is 82.9 Å². The fourth-order valence-corrected chi connectivity index (χ4v) is 6.50. The Kier molecular flexibility index (Phi) is 15.2. The van der Waals surface area contributed by atoms with Gasteiger partial charge >= 0.3 is 11.9 Å². The minimum absolute atomic E-state index is 0.0964. The Morgan fingerprint density at radius 1 is 0.727 bits per heavy atom. The first kappa shape index (κ1) is 40.9. The second-order valence-electron chi connectivity index (χ2n) is 12.4. The molecule has 0 fully saturated rings. The van der Waals surface area contributed by atoms with E-state index in [2.05, 4.69) is 0 Å².